The van der Waals surface area contributed by atoms with Gasteiger partial charge in [-0.15, -0.1) is 6.58 Å². The van der Waals surface area contributed by atoms with Gasteiger partial charge in [0.1, 0.15) is 0 Å². The Labute approximate surface area is 85.0 Å². The lowest BCUT2D eigenvalue weighted by atomic mass is 10.4. The van der Waals surface area contributed by atoms with Crippen molar-refractivity contribution in [2.24, 2.45) is 0 Å². The van der Waals surface area contributed by atoms with E-state index in [0.717, 1.165) is 10.2 Å². The van der Waals surface area contributed by atoms with E-state index in [0.29, 0.717) is 13.2 Å². The smallest absolute Gasteiger partial charge is 0.220 e. The van der Waals surface area contributed by atoms with Gasteiger partial charge in [-0.1, -0.05) is 6.08 Å². The average Bonchev–Trinajstić information content (AvgIpc) is 2.11. The highest BCUT2D eigenvalue weighted by molar-refractivity contribution is 9.10. The molecule has 0 amide bonds. The maximum absolute atomic E-state index is 5.41. The minimum Gasteiger partial charge on any atom is -0.371 e. The van der Waals surface area contributed by atoms with Gasteiger partial charge in [0, 0.05) is 6.20 Å². The van der Waals surface area contributed by atoms with Crippen molar-refractivity contribution in [1.29, 1.82) is 0 Å². The second-order valence-electron chi connectivity index (χ2n) is 2.33. The molecule has 1 aromatic heterocycles. The van der Waals surface area contributed by atoms with E-state index >= 15 is 0 Å². The summed E-state index contributed by atoms with van der Waals surface area (Å²) in [5.74, 6) is 0.250. The van der Waals surface area contributed by atoms with Gasteiger partial charge in [-0.05, 0) is 15.9 Å². The lowest BCUT2D eigenvalue weighted by Crippen LogP contribution is -2.02. The molecule has 0 aliphatic carbocycles. The summed E-state index contributed by atoms with van der Waals surface area (Å²) in [4.78, 5) is 7.82. The molecule has 0 saturated heterocycles. The first-order valence-corrected chi connectivity index (χ1v) is 4.49. The standard InChI is InChI=1S/C8H10BrN3O/c1-2-3-13-5-7-6(9)4-11-8(10)12-7/h2,4H,1,3,5H2,(H2,10,11,12). The zero-order chi connectivity index (χ0) is 9.68. The minimum absolute atomic E-state index is 0.250. The van der Waals surface area contributed by atoms with Gasteiger partial charge in [-0.3, -0.25) is 0 Å². The summed E-state index contributed by atoms with van der Waals surface area (Å²) in [6, 6.07) is 0. The summed E-state index contributed by atoms with van der Waals surface area (Å²) in [5, 5.41) is 0. The lowest BCUT2D eigenvalue weighted by Gasteiger charge is -2.03. The van der Waals surface area contributed by atoms with E-state index in [2.05, 4.69) is 32.5 Å². The fourth-order valence-corrected chi connectivity index (χ4v) is 1.06. The summed E-state index contributed by atoms with van der Waals surface area (Å²) in [5.41, 5.74) is 6.16. The largest absolute Gasteiger partial charge is 0.371 e. The molecule has 1 aromatic rings. The number of hydrogen-bond acceptors (Lipinski definition) is 4. The highest BCUT2D eigenvalue weighted by atomic mass is 79.9. The maximum Gasteiger partial charge on any atom is 0.220 e. The van der Waals surface area contributed by atoms with Crippen molar-refractivity contribution < 1.29 is 4.74 Å². The van der Waals surface area contributed by atoms with Gasteiger partial charge in [0.15, 0.2) is 0 Å². The Bertz CT molecular complexity index is 303. The zero-order valence-electron chi connectivity index (χ0n) is 7.03. The molecule has 0 atom stereocenters. The number of ether oxygens (including phenoxy) is 1. The first-order chi connectivity index (χ1) is 6.24. The molecule has 0 bridgehead atoms. The van der Waals surface area contributed by atoms with Crippen LogP contribution in [0.25, 0.3) is 0 Å². The van der Waals surface area contributed by atoms with Crippen molar-refractivity contribution in [3.63, 3.8) is 0 Å². The van der Waals surface area contributed by atoms with Crippen LogP contribution >= 0.6 is 15.9 Å². The quantitative estimate of drug-likeness (QED) is 0.644. The van der Waals surface area contributed by atoms with Crippen LogP contribution in [0.5, 0.6) is 0 Å². The molecule has 5 heteroatoms. The number of halogens is 1. The molecule has 1 heterocycles. The Morgan fingerprint density at radius 1 is 1.69 bits per heavy atom. The highest BCUT2D eigenvalue weighted by Crippen LogP contribution is 2.14. The van der Waals surface area contributed by atoms with E-state index < -0.39 is 0 Å². The van der Waals surface area contributed by atoms with Crippen molar-refractivity contribution >= 4 is 21.9 Å². The number of anilines is 1. The maximum atomic E-state index is 5.41. The summed E-state index contributed by atoms with van der Waals surface area (Å²) in [7, 11) is 0. The van der Waals surface area contributed by atoms with Crippen molar-refractivity contribution in [3.05, 3.63) is 29.0 Å². The molecule has 0 aromatic carbocycles. The van der Waals surface area contributed by atoms with Crippen LogP contribution in [0, 0.1) is 0 Å². The summed E-state index contributed by atoms with van der Waals surface area (Å²) >= 11 is 3.30. The predicted molar refractivity (Wildman–Crippen MR) is 54.0 cm³/mol. The van der Waals surface area contributed by atoms with Crippen molar-refractivity contribution in [2.45, 2.75) is 6.61 Å². The molecule has 0 spiro atoms. The van der Waals surface area contributed by atoms with Crippen molar-refractivity contribution in [1.82, 2.24) is 9.97 Å². The molecule has 0 unspecified atom stereocenters. The first-order valence-electron chi connectivity index (χ1n) is 3.69. The fraction of sp³-hybridized carbons (Fsp3) is 0.250. The van der Waals surface area contributed by atoms with E-state index in [1.807, 2.05) is 0 Å². The van der Waals surface area contributed by atoms with Crippen LogP contribution in [0.15, 0.2) is 23.3 Å². The average molecular weight is 244 g/mol. The molecule has 1 rings (SSSR count). The normalized spacial score (nSPS) is 9.92. The number of rotatable bonds is 4. The van der Waals surface area contributed by atoms with Crippen LogP contribution in [0.2, 0.25) is 0 Å². The Morgan fingerprint density at radius 2 is 2.46 bits per heavy atom. The monoisotopic (exact) mass is 243 g/mol. The van der Waals surface area contributed by atoms with Gasteiger partial charge < -0.3 is 10.5 Å². The van der Waals surface area contributed by atoms with E-state index in [1.165, 1.54) is 0 Å². The third-order valence-corrected chi connectivity index (χ3v) is 1.97. The molecular weight excluding hydrogens is 234 g/mol. The van der Waals surface area contributed by atoms with E-state index in [4.69, 9.17) is 10.5 Å². The molecule has 2 N–H and O–H groups in total. The Kier molecular flexibility index (Phi) is 3.85. The predicted octanol–water partition coefficient (Wildman–Crippen LogP) is 1.52. The van der Waals surface area contributed by atoms with Gasteiger partial charge >= 0.3 is 0 Å². The second kappa shape index (κ2) is 4.94. The molecule has 0 saturated carbocycles. The molecular formula is C8H10BrN3O. The summed E-state index contributed by atoms with van der Waals surface area (Å²) < 4.78 is 6.01. The molecule has 0 aliphatic rings. The van der Waals surface area contributed by atoms with Crippen LogP contribution in [-0.4, -0.2) is 16.6 Å². The fourth-order valence-electron chi connectivity index (χ4n) is 0.758. The van der Waals surface area contributed by atoms with Crippen molar-refractivity contribution in [3.8, 4) is 0 Å². The number of nitrogens with two attached hydrogens (primary N) is 1. The van der Waals surface area contributed by atoms with Crippen LogP contribution in [0.1, 0.15) is 5.69 Å². The van der Waals surface area contributed by atoms with E-state index in [9.17, 15) is 0 Å². The molecule has 70 valence electrons. The zero-order valence-corrected chi connectivity index (χ0v) is 8.62. The molecule has 0 fully saturated rings. The topological polar surface area (TPSA) is 61.0 Å². The van der Waals surface area contributed by atoms with Crippen molar-refractivity contribution in [2.75, 3.05) is 12.3 Å². The van der Waals surface area contributed by atoms with Gasteiger partial charge in [-0.25, -0.2) is 9.97 Å². The second-order valence-corrected chi connectivity index (χ2v) is 3.18. The molecule has 13 heavy (non-hydrogen) atoms. The van der Waals surface area contributed by atoms with Crippen LogP contribution < -0.4 is 5.73 Å². The van der Waals surface area contributed by atoms with E-state index in [1.54, 1.807) is 12.3 Å². The number of hydrogen-bond donors (Lipinski definition) is 1. The number of nitrogens with zero attached hydrogens (tertiary/aromatic N) is 2. The summed E-state index contributed by atoms with van der Waals surface area (Å²) in [6.45, 7) is 4.44. The molecule has 4 nitrogen and oxygen atoms in total. The molecule has 0 aliphatic heterocycles. The minimum atomic E-state index is 0.250. The van der Waals surface area contributed by atoms with Gasteiger partial charge in [0.05, 0.1) is 23.4 Å². The Hall–Kier alpha value is -0.940. The lowest BCUT2D eigenvalue weighted by molar-refractivity contribution is 0.145. The summed E-state index contributed by atoms with van der Waals surface area (Å²) in [6.07, 6.45) is 3.29. The highest BCUT2D eigenvalue weighted by Gasteiger charge is 2.02. The first kappa shape index (κ1) is 10.1. The Morgan fingerprint density at radius 3 is 3.15 bits per heavy atom. The molecule has 0 radical (unpaired) electrons. The van der Waals surface area contributed by atoms with Crippen LogP contribution in [0.4, 0.5) is 5.95 Å². The third kappa shape index (κ3) is 3.12. The Balaban J connectivity index is 2.64. The van der Waals surface area contributed by atoms with Gasteiger partial charge in [0.25, 0.3) is 0 Å². The van der Waals surface area contributed by atoms with Gasteiger partial charge in [0.2, 0.25) is 5.95 Å². The number of nitrogen functional groups attached to an aromatic ring is 1. The van der Waals surface area contributed by atoms with E-state index in [-0.39, 0.29) is 5.95 Å². The van der Waals surface area contributed by atoms with Gasteiger partial charge in [-0.2, -0.15) is 0 Å². The third-order valence-electron chi connectivity index (χ3n) is 1.31. The van der Waals surface area contributed by atoms with Crippen LogP contribution in [0.3, 0.4) is 0 Å². The number of aromatic nitrogens is 2. The van der Waals surface area contributed by atoms with Crippen LogP contribution in [-0.2, 0) is 11.3 Å². The SMILES string of the molecule is C=CCOCc1nc(N)ncc1Br.